The first kappa shape index (κ1) is 36.3. The lowest BCUT2D eigenvalue weighted by atomic mass is 9.81. The third-order valence-corrected chi connectivity index (χ3v) is 9.93. The van der Waals surface area contributed by atoms with Crippen molar-refractivity contribution in [2.45, 2.75) is 87.7 Å². The van der Waals surface area contributed by atoms with Crippen LogP contribution in [0.5, 0.6) is 0 Å². The Balaban J connectivity index is 0.000000707. The Bertz CT molecular complexity index is 1400. The summed E-state index contributed by atoms with van der Waals surface area (Å²) in [5, 5.41) is 10.7. The summed E-state index contributed by atoms with van der Waals surface area (Å²) in [4.78, 5) is 24.5. The molecule has 1 aliphatic carbocycles. The molecule has 4 rings (SSSR count). The number of carboxylic acid groups (broad SMARTS) is 1. The normalized spacial score (nSPS) is 22.7. The topological polar surface area (TPSA) is 104 Å². The molecule has 1 aliphatic heterocycles. The number of carbonyl (C=O) groups is 2. The minimum atomic E-state index is -5.08. The number of aryl methyl sites for hydroxylation is 1. The molecule has 0 bridgehead atoms. The second kappa shape index (κ2) is 15.0. The number of alkyl halides is 6. The molecule has 0 aromatic heterocycles. The monoisotopic (exact) mass is 664 g/mol. The van der Waals surface area contributed by atoms with Crippen LogP contribution in [-0.2, 0) is 32.0 Å². The van der Waals surface area contributed by atoms with Crippen molar-refractivity contribution in [3.63, 3.8) is 0 Å². The zero-order valence-corrected chi connectivity index (χ0v) is 25.8. The fraction of sp³-hybridized carbons (Fsp3) is 0.548. The van der Waals surface area contributed by atoms with E-state index >= 15 is 0 Å². The van der Waals surface area contributed by atoms with Crippen molar-refractivity contribution in [2.75, 3.05) is 12.3 Å². The fourth-order valence-electron chi connectivity index (χ4n) is 6.07. The Morgan fingerprint density at radius 2 is 1.64 bits per heavy atom. The van der Waals surface area contributed by atoms with Gasteiger partial charge in [-0.25, -0.2) is 13.2 Å². The molecule has 2 fully saturated rings. The summed E-state index contributed by atoms with van der Waals surface area (Å²) in [7, 11) is -3.53. The molecular formula is C31H38F6N2O5S. The summed E-state index contributed by atoms with van der Waals surface area (Å²) in [6, 6.07) is 14.0. The molecule has 0 radical (unpaired) electrons. The molecular weight excluding hydrogens is 626 g/mol. The molecule has 1 amide bonds. The Morgan fingerprint density at radius 3 is 2.22 bits per heavy atom. The van der Waals surface area contributed by atoms with E-state index in [2.05, 4.69) is 19.2 Å². The van der Waals surface area contributed by atoms with Gasteiger partial charge in [-0.3, -0.25) is 4.79 Å². The third-order valence-electron chi connectivity index (χ3n) is 8.08. The van der Waals surface area contributed by atoms with Gasteiger partial charge in [0.25, 0.3) is 0 Å². The first-order valence-electron chi connectivity index (χ1n) is 14.7. The summed E-state index contributed by atoms with van der Waals surface area (Å²) in [5.74, 6) is -3.23. The molecule has 2 aliphatic rings. The fourth-order valence-corrected chi connectivity index (χ4v) is 7.76. The molecule has 1 unspecified atom stereocenters. The molecule has 1 heterocycles. The molecule has 45 heavy (non-hydrogen) atoms. The van der Waals surface area contributed by atoms with Crippen LogP contribution in [0.4, 0.5) is 26.3 Å². The van der Waals surface area contributed by atoms with Gasteiger partial charge in [-0.15, -0.1) is 0 Å². The number of amides is 1. The SMILES string of the molecule is CC(C)NC1CC[C@H](N2CC[C@H](CCc3cccc(C(F)(F)F)c3)C2=O)[C@H](CS(=O)(=O)c2ccccc2)C1.O=C(O)C(F)(F)F. The van der Waals surface area contributed by atoms with Gasteiger partial charge in [0.1, 0.15) is 0 Å². The predicted octanol–water partition coefficient (Wildman–Crippen LogP) is 6.13. The average Bonchev–Trinajstić information content (AvgIpc) is 3.31. The van der Waals surface area contributed by atoms with Crippen LogP contribution in [0.2, 0.25) is 0 Å². The predicted molar refractivity (Wildman–Crippen MR) is 155 cm³/mol. The number of nitrogens with one attached hydrogen (secondary N) is 1. The van der Waals surface area contributed by atoms with Gasteiger partial charge in [0.2, 0.25) is 5.91 Å². The highest BCUT2D eigenvalue weighted by Crippen LogP contribution is 2.36. The van der Waals surface area contributed by atoms with Gasteiger partial charge >= 0.3 is 18.3 Å². The lowest BCUT2D eigenvalue weighted by Gasteiger charge is -2.42. The van der Waals surface area contributed by atoms with E-state index in [0.29, 0.717) is 42.7 Å². The average molecular weight is 665 g/mol. The zero-order chi connectivity index (χ0) is 33.6. The van der Waals surface area contributed by atoms with Gasteiger partial charge in [0, 0.05) is 30.6 Å². The van der Waals surface area contributed by atoms with E-state index in [-0.39, 0.29) is 41.6 Å². The number of likely N-dealkylation sites (tertiary alicyclic amines) is 1. The molecule has 14 heteroatoms. The van der Waals surface area contributed by atoms with Crippen molar-refractivity contribution in [1.82, 2.24) is 10.2 Å². The minimum Gasteiger partial charge on any atom is -0.475 e. The first-order valence-corrected chi connectivity index (χ1v) is 16.3. The highest BCUT2D eigenvalue weighted by atomic mass is 32.2. The summed E-state index contributed by atoms with van der Waals surface area (Å²) < 4.78 is 97.6. The second-order valence-electron chi connectivity index (χ2n) is 11.8. The maximum Gasteiger partial charge on any atom is 0.490 e. The summed E-state index contributed by atoms with van der Waals surface area (Å²) >= 11 is 0. The third kappa shape index (κ3) is 10.5. The van der Waals surface area contributed by atoms with Crippen molar-refractivity contribution < 1.29 is 49.5 Å². The van der Waals surface area contributed by atoms with Crippen LogP contribution in [0.1, 0.15) is 57.1 Å². The van der Waals surface area contributed by atoms with Crippen LogP contribution in [0.25, 0.3) is 0 Å². The number of sulfone groups is 1. The van der Waals surface area contributed by atoms with Crippen LogP contribution < -0.4 is 5.32 Å². The number of carbonyl (C=O) groups excluding carboxylic acids is 1. The standard InChI is InChI=1S/C29H37F3N2O3S.C2HF3O2/c1-20(2)33-25-13-14-27(23(18-25)19-38(36,37)26-9-4-3-5-10-26)34-16-15-22(28(34)35)12-11-21-7-6-8-24(17-21)29(30,31)32;3-2(4,5)1(6)7/h3-10,17,20,22-23,25,27,33H,11-16,18-19H2,1-2H3;(H,6,7)/t22-,23-,25?,27-;/m0./s1. The molecule has 250 valence electrons. The molecule has 7 nitrogen and oxygen atoms in total. The number of aliphatic carboxylic acids is 1. The van der Waals surface area contributed by atoms with Crippen molar-refractivity contribution in [3.8, 4) is 0 Å². The van der Waals surface area contributed by atoms with Gasteiger partial charge in [0.05, 0.1) is 16.2 Å². The number of hydrogen-bond donors (Lipinski definition) is 2. The zero-order valence-electron chi connectivity index (χ0n) is 24.9. The van der Waals surface area contributed by atoms with E-state index in [1.807, 2.05) is 4.90 Å². The number of hydrogen-bond acceptors (Lipinski definition) is 5. The van der Waals surface area contributed by atoms with E-state index in [9.17, 15) is 39.6 Å². The molecule has 1 saturated heterocycles. The number of benzene rings is 2. The smallest absolute Gasteiger partial charge is 0.475 e. The summed E-state index contributed by atoms with van der Waals surface area (Å²) in [5.41, 5.74) is -0.109. The van der Waals surface area contributed by atoms with Crippen molar-refractivity contribution >= 4 is 21.7 Å². The summed E-state index contributed by atoms with van der Waals surface area (Å²) in [6.07, 6.45) is -5.70. The highest BCUT2D eigenvalue weighted by molar-refractivity contribution is 7.91. The Morgan fingerprint density at radius 1 is 1.00 bits per heavy atom. The quantitative estimate of drug-likeness (QED) is 0.313. The maximum atomic E-state index is 13.5. The lowest BCUT2D eigenvalue weighted by molar-refractivity contribution is -0.192. The molecule has 2 N–H and O–H groups in total. The van der Waals surface area contributed by atoms with E-state index in [4.69, 9.17) is 9.90 Å². The Labute approximate surface area is 258 Å². The van der Waals surface area contributed by atoms with E-state index in [1.54, 1.807) is 36.4 Å². The van der Waals surface area contributed by atoms with Crippen LogP contribution in [-0.4, -0.2) is 66.9 Å². The summed E-state index contributed by atoms with van der Waals surface area (Å²) in [6.45, 7) is 4.70. The second-order valence-corrected chi connectivity index (χ2v) is 13.8. The van der Waals surface area contributed by atoms with Gasteiger partial charge in [0.15, 0.2) is 9.84 Å². The maximum absolute atomic E-state index is 13.5. The van der Waals surface area contributed by atoms with Gasteiger partial charge in [-0.1, -0.05) is 50.2 Å². The van der Waals surface area contributed by atoms with E-state index < -0.39 is 33.7 Å². The first-order chi connectivity index (χ1) is 20.9. The van der Waals surface area contributed by atoms with Crippen LogP contribution >= 0.6 is 0 Å². The highest BCUT2D eigenvalue weighted by Gasteiger charge is 2.43. The van der Waals surface area contributed by atoms with Crippen molar-refractivity contribution in [2.24, 2.45) is 11.8 Å². The van der Waals surface area contributed by atoms with Gasteiger partial charge in [-0.2, -0.15) is 26.3 Å². The van der Waals surface area contributed by atoms with Gasteiger partial charge in [-0.05, 0) is 68.2 Å². The Kier molecular flexibility index (Phi) is 12.1. The van der Waals surface area contributed by atoms with Crippen molar-refractivity contribution in [3.05, 3.63) is 65.7 Å². The van der Waals surface area contributed by atoms with Crippen LogP contribution in [0.3, 0.4) is 0 Å². The van der Waals surface area contributed by atoms with Crippen LogP contribution in [0, 0.1) is 11.8 Å². The van der Waals surface area contributed by atoms with E-state index in [0.717, 1.165) is 25.0 Å². The Hall–Kier alpha value is -3.13. The van der Waals surface area contributed by atoms with Gasteiger partial charge < -0.3 is 15.3 Å². The number of carboxylic acids is 1. The number of rotatable bonds is 9. The molecule has 0 spiro atoms. The molecule has 4 atom stereocenters. The molecule has 2 aromatic carbocycles. The number of nitrogens with zero attached hydrogens (tertiary/aromatic N) is 1. The molecule has 2 aromatic rings. The largest absolute Gasteiger partial charge is 0.490 e. The lowest BCUT2D eigenvalue weighted by Crippen LogP contribution is -2.51. The minimum absolute atomic E-state index is 0.000598. The number of halogens is 6. The van der Waals surface area contributed by atoms with Crippen LogP contribution in [0.15, 0.2) is 59.5 Å². The van der Waals surface area contributed by atoms with E-state index in [1.165, 1.54) is 6.07 Å². The van der Waals surface area contributed by atoms with Crippen molar-refractivity contribution in [1.29, 1.82) is 0 Å². The molecule has 1 saturated carbocycles.